The summed E-state index contributed by atoms with van der Waals surface area (Å²) in [7, 11) is 0. The summed E-state index contributed by atoms with van der Waals surface area (Å²) in [5, 5.41) is 9.11. The number of amides is 2. The van der Waals surface area contributed by atoms with Crippen LogP contribution in [0.4, 0.5) is 10.5 Å². The highest BCUT2D eigenvalue weighted by Gasteiger charge is 2.28. The number of guanidine groups is 1. The molecule has 176 valence electrons. The molecule has 1 aromatic heterocycles. The summed E-state index contributed by atoms with van der Waals surface area (Å²) in [5.41, 5.74) is 1.87. The number of nitrogens with one attached hydrogen (secondary N) is 3. The van der Waals surface area contributed by atoms with Crippen molar-refractivity contribution >= 4 is 41.7 Å². The lowest BCUT2D eigenvalue weighted by molar-refractivity contribution is 0.189. The normalized spacial score (nSPS) is 18.8. The van der Waals surface area contributed by atoms with Crippen molar-refractivity contribution in [1.82, 2.24) is 25.1 Å². The Morgan fingerprint density at radius 1 is 1.28 bits per heavy atom. The highest BCUT2D eigenvalue weighted by molar-refractivity contribution is 14.0. The Labute approximate surface area is 208 Å². The maximum Gasteiger partial charge on any atom is 0.319 e. The van der Waals surface area contributed by atoms with Crippen LogP contribution in [0.25, 0.3) is 0 Å². The quantitative estimate of drug-likeness (QED) is 0.286. The summed E-state index contributed by atoms with van der Waals surface area (Å²) >= 11 is 0. The molecule has 1 saturated heterocycles. The van der Waals surface area contributed by atoms with Gasteiger partial charge in [0.05, 0.1) is 18.9 Å². The highest BCUT2D eigenvalue weighted by atomic mass is 127. The van der Waals surface area contributed by atoms with Crippen LogP contribution in [0.3, 0.4) is 0 Å². The molecule has 3 N–H and O–H groups in total. The van der Waals surface area contributed by atoms with Crippen molar-refractivity contribution in [3.05, 3.63) is 48.5 Å². The van der Waals surface area contributed by atoms with E-state index in [0.717, 1.165) is 43.3 Å². The molecule has 1 aromatic carbocycles. The van der Waals surface area contributed by atoms with E-state index in [-0.39, 0.29) is 36.0 Å². The summed E-state index contributed by atoms with van der Waals surface area (Å²) in [4.78, 5) is 23.3. The van der Waals surface area contributed by atoms with Crippen LogP contribution < -0.4 is 16.0 Å². The van der Waals surface area contributed by atoms with Gasteiger partial charge in [-0.2, -0.15) is 0 Å². The lowest BCUT2D eigenvalue weighted by Gasteiger charge is -2.39. The number of benzene rings is 1. The molecule has 2 atom stereocenters. The fourth-order valence-corrected chi connectivity index (χ4v) is 3.81. The number of nitrogens with zero attached hydrogens (tertiary/aromatic N) is 4. The molecule has 2 unspecified atom stereocenters. The van der Waals surface area contributed by atoms with E-state index in [0.29, 0.717) is 18.5 Å². The Morgan fingerprint density at radius 3 is 2.66 bits per heavy atom. The maximum atomic E-state index is 11.8. The van der Waals surface area contributed by atoms with Gasteiger partial charge in [-0.15, -0.1) is 24.0 Å². The third-order valence-electron chi connectivity index (χ3n) is 5.50. The van der Waals surface area contributed by atoms with Gasteiger partial charge in [0, 0.05) is 43.8 Å². The number of imidazole rings is 1. The van der Waals surface area contributed by atoms with Gasteiger partial charge in [0.15, 0.2) is 5.96 Å². The first-order chi connectivity index (χ1) is 15.0. The van der Waals surface area contributed by atoms with Gasteiger partial charge in [-0.25, -0.2) is 14.8 Å². The zero-order chi connectivity index (χ0) is 22.2. The second-order valence-corrected chi connectivity index (χ2v) is 8.41. The van der Waals surface area contributed by atoms with Gasteiger partial charge in [0.25, 0.3) is 0 Å². The monoisotopic (exact) mass is 553 g/mol. The van der Waals surface area contributed by atoms with Crippen LogP contribution in [0.2, 0.25) is 0 Å². The van der Waals surface area contributed by atoms with Crippen LogP contribution >= 0.6 is 24.0 Å². The molecule has 0 bridgehead atoms. The second-order valence-electron chi connectivity index (χ2n) is 8.41. The number of urea groups is 1. The number of carbonyl (C=O) groups excluding carboxylic acids is 1. The molecule has 3 rings (SSSR count). The van der Waals surface area contributed by atoms with Gasteiger partial charge in [0.1, 0.15) is 0 Å². The van der Waals surface area contributed by atoms with E-state index >= 15 is 0 Å². The molecular formula is C23H36IN7O. The molecule has 2 amide bonds. The van der Waals surface area contributed by atoms with Crippen LogP contribution in [0.5, 0.6) is 0 Å². The average Bonchev–Trinajstić information content (AvgIpc) is 3.27. The van der Waals surface area contributed by atoms with Crippen molar-refractivity contribution in [3.8, 4) is 0 Å². The summed E-state index contributed by atoms with van der Waals surface area (Å²) in [5.74, 6) is 1.54. The third kappa shape index (κ3) is 7.39. The molecule has 0 aliphatic carbocycles. The van der Waals surface area contributed by atoms with Gasteiger partial charge >= 0.3 is 6.03 Å². The Kier molecular flexibility index (Phi) is 10.3. The number of likely N-dealkylation sites (tertiary alicyclic amines) is 1. The molecule has 1 fully saturated rings. The number of hydrogen-bond donors (Lipinski definition) is 3. The highest BCUT2D eigenvalue weighted by Crippen LogP contribution is 2.27. The van der Waals surface area contributed by atoms with Crippen LogP contribution in [0, 0.1) is 5.92 Å². The smallest absolute Gasteiger partial charge is 0.319 e. The van der Waals surface area contributed by atoms with Crippen molar-refractivity contribution in [1.29, 1.82) is 0 Å². The number of piperidine rings is 1. The molecule has 8 nitrogen and oxygen atoms in total. The Hall–Kier alpha value is -2.30. The predicted octanol–water partition coefficient (Wildman–Crippen LogP) is 4.08. The number of aromatic nitrogens is 2. The molecule has 9 heteroatoms. The summed E-state index contributed by atoms with van der Waals surface area (Å²) < 4.78 is 2.21. The zero-order valence-electron chi connectivity index (χ0n) is 19.4. The Morgan fingerprint density at radius 2 is 2.03 bits per heavy atom. The van der Waals surface area contributed by atoms with Crippen LogP contribution in [0.1, 0.15) is 45.7 Å². The SMILES string of the molecule is CCNC(=NCc1ccc(NC(=O)NC(C)C)cc1)N1CCC(C)C(n2ccnc2)C1.I. The minimum absolute atomic E-state index is 0. The van der Waals surface area contributed by atoms with Crippen molar-refractivity contribution in [2.45, 2.75) is 52.7 Å². The average molecular weight is 553 g/mol. The molecule has 0 saturated carbocycles. The Bertz CT molecular complexity index is 852. The van der Waals surface area contributed by atoms with Gasteiger partial charge in [-0.3, -0.25) is 0 Å². The first kappa shape index (κ1) is 26.0. The van der Waals surface area contributed by atoms with Crippen molar-refractivity contribution < 1.29 is 4.79 Å². The first-order valence-electron chi connectivity index (χ1n) is 11.1. The molecule has 2 heterocycles. The molecule has 1 aliphatic heterocycles. The molecule has 0 spiro atoms. The van der Waals surface area contributed by atoms with Gasteiger partial charge in [-0.05, 0) is 50.8 Å². The van der Waals surface area contributed by atoms with Gasteiger partial charge < -0.3 is 25.4 Å². The van der Waals surface area contributed by atoms with E-state index in [9.17, 15) is 4.79 Å². The number of aliphatic imine (C=N–C) groups is 1. The van der Waals surface area contributed by atoms with Gasteiger partial charge in [0.2, 0.25) is 0 Å². The van der Waals surface area contributed by atoms with E-state index in [1.165, 1.54) is 0 Å². The number of hydrogen-bond acceptors (Lipinski definition) is 3. The van der Waals surface area contributed by atoms with Crippen molar-refractivity contribution in [3.63, 3.8) is 0 Å². The second kappa shape index (κ2) is 12.7. The van der Waals surface area contributed by atoms with E-state index in [1.807, 2.05) is 56.8 Å². The number of anilines is 1. The third-order valence-corrected chi connectivity index (χ3v) is 5.50. The van der Waals surface area contributed by atoms with Crippen molar-refractivity contribution in [2.75, 3.05) is 25.0 Å². The van der Waals surface area contributed by atoms with E-state index in [2.05, 4.69) is 44.2 Å². The Balaban J connectivity index is 0.00000363. The minimum Gasteiger partial charge on any atom is -0.357 e. The molecule has 32 heavy (non-hydrogen) atoms. The maximum absolute atomic E-state index is 11.8. The molecule has 0 radical (unpaired) electrons. The number of halogens is 1. The fourth-order valence-electron chi connectivity index (χ4n) is 3.81. The zero-order valence-corrected chi connectivity index (χ0v) is 21.7. The summed E-state index contributed by atoms with van der Waals surface area (Å²) in [6.07, 6.45) is 6.92. The van der Waals surface area contributed by atoms with Crippen LogP contribution in [-0.2, 0) is 6.54 Å². The standard InChI is InChI=1S/C23H35N7O.HI/c1-5-25-22(29-12-10-18(4)21(15-29)30-13-11-24-16-30)26-14-19-6-8-20(9-7-19)28-23(31)27-17(2)3;/h6-9,11,13,16-18,21H,5,10,12,14-15H2,1-4H3,(H,25,26)(H2,27,28,31);1H. The van der Waals surface area contributed by atoms with Crippen LogP contribution in [-0.4, -0.2) is 52.1 Å². The lowest BCUT2D eigenvalue weighted by Crippen LogP contribution is -2.49. The van der Waals surface area contributed by atoms with Crippen LogP contribution in [0.15, 0.2) is 48.0 Å². The topological polar surface area (TPSA) is 86.6 Å². The fraction of sp³-hybridized carbons (Fsp3) is 0.522. The molecule has 2 aromatic rings. The number of carbonyl (C=O) groups is 1. The molecular weight excluding hydrogens is 517 g/mol. The van der Waals surface area contributed by atoms with Crippen molar-refractivity contribution in [2.24, 2.45) is 10.9 Å². The number of rotatable bonds is 6. The predicted molar refractivity (Wildman–Crippen MR) is 141 cm³/mol. The van der Waals surface area contributed by atoms with E-state index < -0.39 is 0 Å². The van der Waals surface area contributed by atoms with E-state index in [1.54, 1.807) is 0 Å². The lowest BCUT2D eigenvalue weighted by atomic mass is 9.93. The molecule has 1 aliphatic rings. The minimum atomic E-state index is -0.193. The van der Waals surface area contributed by atoms with E-state index in [4.69, 9.17) is 4.99 Å². The largest absolute Gasteiger partial charge is 0.357 e. The summed E-state index contributed by atoms with van der Waals surface area (Å²) in [6, 6.07) is 8.13. The summed E-state index contributed by atoms with van der Waals surface area (Å²) in [6.45, 7) is 11.6. The first-order valence-corrected chi connectivity index (χ1v) is 11.1. The van der Waals surface area contributed by atoms with Gasteiger partial charge in [-0.1, -0.05) is 19.1 Å².